The first kappa shape index (κ1) is 15.6. The fraction of sp³-hybridized carbons (Fsp3) is 0.368. The normalized spacial score (nSPS) is 12.3. The standard InChI is InChI=1S/C19H24O2/c1-12-6-7-18(14(3)8-12)21-11-17(20)19-15(4)9-13(2)10-16(19)5/h6-10,17,20H,11H2,1-5H3. The second-order valence-electron chi connectivity index (χ2n) is 5.91. The molecule has 2 heteroatoms. The first-order chi connectivity index (χ1) is 9.88. The van der Waals surface area contributed by atoms with Crippen LogP contribution >= 0.6 is 0 Å². The van der Waals surface area contributed by atoms with Crippen molar-refractivity contribution in [3.8, 4) is 5.75 Å². The molecule has 21 heavy (non-hydrogen) atoms. The third-order valence-corrected chi connectivity index (χ3v) is 3.80. The molecule has 0 bridgehead atoms. The minimum Gasteiger partial charge on any atom is -0.490 e. The Kier molecular flexibility index (Phi) is 4.69. The number of aryl methyl sites for hydroxylation is 5. The number of aliphatic hydroxyl groups excluding tert-OH is 1. The lowest BCUT2D eigenvalue weighted by Crippen LogP contribution is -2.13. The summed E-state index contributed by atoms with van der Waals surface area (Å²) in [6, 6.07) is 10.3. The van der Waals surface area contributed by atoms with E-state index in [0.29, 0.717) is 0 Å². The van der Waals surface area contributed by atoms with Crippen LogP contribution in [0.1, 0.15) is 39.5 Å². The summed E-state index contributed by atoms with van der Waals surface area (Å²) in [5.41, 5.74) is 6.74. The molecule has 1 atom stereocenters. The van der Waals surface area contributed by atoms with Gasteiger partial charge in [0, 0.05) is 0 Å². The number of aliphatic hydroxyl groups is 1. The van der Waals surface area contributed by atoms with E-state index in [9.17, 15) is 5.11 Å². The fourth-order valence-electron chi connectivity index (χ4n) is 2.93. The quantitative estimate of drug-likeness (QED) is 0.905. The molecule has 2 aromatic carbocycles. The van der Waals surface area contributed by atoms with Gasteiger partial charge >= 0.3 is 0 Å². The van der Waals surface area contributed by atoms with Crippen molar-refractivity contribution in [2.24, 2.45) is 0 Å². The van der Waals surface area contributed by atoms with Crippen LogP contribution in [0.4, 0.5) is 0 Å². The Morgan fingerprint density at radius 3 is 2.00 bits per heavy atom. The minimum absolute atomic E-state index is 0.272. The van der Waals surface area contributed by atoms with E-state index in [4.69, 9.17) is 4.74 Å². The second kappa shape index (κ2) is 6.31. The van der Waals surface area contributed by atoms with Gasteiger partial charge in [-0.3, -0.25) is 0 Å². The first-order valence-corrected chi connectivity index (χ1v) is 7.34. The number of benzene rings is 2. The Balaban J connectivity index is 2.13. The topological polar surface area (TPSA) is 29.5 Å². The zero-order chi connectivity index (χ0) is 15.6. The van der Waals surface area contributed by atoms with E-state index in [2.05, 4.69) is 32.0 Å². The highest BCUT2D eigenvalue weighted by Gasteiger charge is 2.15. The van der Waals surface area contributed by atoms with Gasteiger partial charge in [0.1, 0.15) is 18.5 Å². The van der Waals surface area contributed by atoms with Crippen LogP contribution in [0.15, 0.2) is 30.3 Å². The molecule has 0 aliphatic heterocycles. The molecule has 112 valence electrons. The van der Waals surface area contributed by atoms with Gasteiger partial charge in [-0.15, -0.1) is 0 Å². The second-order valence-corrected chi connectivity index (χ2v) is 5.91. The zero-order valence-electron chi connectivity index (χ0n) is 13.5. The molecule has 0 aromatic heterocycles. The van der Waals surface area contributed by atoms with E-state index in [1.807, 2.05) is 32.9 Å². The Labute approximate surface area is 127 Å². The summed E-state index contributed by atoms with van der Waals surface area (Å²) in [5, 5.41) is 10.5. The maximum absolute atomic E-state index is 10.5. The summed E-state index contributed by atoms with van der Waals surface area (Å²) in [7, 11) is 0. The zero-order valence-corrected chi connectivity index (χ0v) is 13.5. The molecule has 0 saturated heterocycles. The highest BCUT2D eigenvalue weighted by atomic mass is 16.5. The lowest BCUT2D eigenvalue weighted by atomic mass is 9.96. The van der Waals surface area contributed by atoms with Crippen molar-refractivity contribution in [1.82, 2.24) is 0 Å². The van der Waals surface area contributed by atoms with Crippen molar-refractivity contribution in [2.45, 2.75) is 40.7 Å². The van der Waals surface area contributed by atoms with Gasteiger partial charge in [-0.2, -0.15) is 0 Å². The van der Waals surface area contributed by atoms with Gasteiger partial charge in [-0.25, -0.2) is 0 Å². The third kappa shape index (κ3) is 3.64. The number of hydrogen-bond donors (Lipinski definition) is 1. The van der Waals surface area contributed by atoms with E-state index in [1.165, 1.54) is 11.1 Å². The highest BCUT2D eigenvalue weighted by molar-refractivity contribution is 5.39. The molecule has 0 heterocycles. The van der Waals surface area contributed by atoms with Gasteiger partial charge in [0.05, 0.1) is 0 Å². The van der Waals surface area contributed by atoms with E-state index < -0.39 is 6.10 Å². The van der Waals surface area contributed by atoms with Crippen molar-refractivity contribution in [1.29, 1.82) is 0 Å². The van der Waals surface area contributed by atoms with Crippen LogP contribution in [-0.4, -0.2) is 11.7 Å². The van der Waals surface area contributed by atoms with E-state index in [1.54, 1.807) is 0 Å². The van der Waals surface area contributed by atoms with Crippen molar-refractivity contribution in [2.75, 3.05) is 6.61 Å². The van der Waals surface area contributed by atoms with Gasteiger partial charge in [0.2, 0.25) is 0 Å². The van der Waals surface area contributed by atoms with Gasteiger partial charge in [-0.05, 0) is 62.9 Å². The van der Waals surface area contributed by atoms with Crippen LogP contribution in [0.2, 0.25) is 0 Å². The molecular weight excluding hydrogens is 260 g/mol. The van der Waals surface area contributed by atoms with Gasteiger partial charge in [0.15, 0.2) is 0 Å². The Morgan fingerprint density at radius 1 is 0.857 bits per heavy atom. The van der Waals surface area contributed by atoms with Gasteiger partial charge in [0.25, 0.3) is 0 Å². The van der Waals surface area contributed by atoms with Gasteiger partial charge < -0.3 is 9.84 Å². The molecule has 2 rings (SSSR count). The summed E-state index contributed by atoms with van der Waals surface area (Å²) < 4.78 is 5.80. The van der Waals surface area contributed by atoms with Crippen LogP contribution in [-0.2, 0) is 0 Å². The molecule has 0 spiro atoms. The monoisotopic (exact) mass is 284 g/mol. The van der Waals surface area contributed by atoms with Crippen LogP contribution < -0.4 is 4.74 Å². The van der Waals surface area contributed by atoms with Crippen LogP contribution in [0.5, 0.6) is 5.75 Å². The fourth-order valence-corrected chi connectivity index (χ4v) is 2.93. The van der Waals surface area contributed by atoms with Crippen LogP contribution in [0.25, 0.3) is 0 Å². The lowest BCUT2D eigenvalue weighted by molar-refractivity contribution is 0.107. The van der Waals surface area contributed by atoms with Crippen molar-refractivity contribution >= 4 is 0 Å². The third-order valence-electron chi connectivity index (χ3n) is 3.80. The van der Waals surface area contributed by atoms with Gasteiger partial charge in [-0.1, -0.05) is 35.4 Å². The molecule has 0 amide bonds. The molecule has 0 aliphatic rings. The van der Waals surface area contributed by atoms with Crippen molar-refractivity contribution in [3.05, 3.63) is 63.7 Å². The first-order valence-electron chi connectivity index (χ1n) is 7.34. The van der Waals surface area contributed by atoms with Crippen molar-refractivity contribution in [3.63, 3.8) is 0 Å². The smallest absolute Gasteiger partial charge is 0.122 e. The molecule has 1 unspecified atom stereocenters. The lowest BCUT2D eigenvalue weighted by Gasteiger charge is -2.19. The average Bonchev–Trinajstić information content (AvgIpc) is 2.36. The van der Waals surface area contributed by atoms with E-state index in [-0.39, 0.29) is 6.61 Å². The molecule has 2 nitrogen and oxygen atoms in total. The average molecular weight is 284 g/mol. The molecule has 1 N–H and O–H groups in total. The maximum atomic E-state index is 10.5. The number of rotatable bonds is 4. The van der Waals surface area contributed by atoms with Crippen LogP contribution in [0, 0.1) is 34.6 Å². The predicted molar refractivity (Wildman–Crippen MR) is 87.0 cm³/mol. The molecule has 0 fully saturated rings. The number of ether oxygens (including phenoxy) is 1. The molecule has 0 aliphatic carbocycles. The number of hydrogen-bond acceptors (Lipinski definition) is 2. The highest BCUT2D eigenvalue weighted by Crippen LogP contribution is 2.25. The summed E-state index contributed by atoms with van der Waals surface area (Å²) in [5.74, 6) is 0.835. The molecule has 0 saturated carbocycles. The SMILES string of the molecule is Cc1ccc(OCC(O)c2c(C)cc(C)cc2C)c(C)c1. The Hall–Kier alpha value is -1.80. The summed E-state index contributed by atoms with van der Waals surface area (Å²) in [6.07, 6.45) is -0.605. The molecule has 2 aromatic rings. The summed E-state index contributed by atoms with van der Waals surface area (Å²) >= 11 is 0. The predicted octanol–water partition coefficient (Wildman–Crippen LogP) is 4.34. The van der Waals surface area contributed by atoms with E-state index >= 15 is 0 Å². The molecular formula is C19H24O2. The minimum atomic E-state index is -0.605. The summed E-state index contributed by atoms with van der Waals surface area (Å²) in [6.45, 7) is 10.5. The molecule has 0 radical (unpaired) electrons. The van der Waals surface area contributed by atoms with E-state index in [0.717, 1.165) is 28.0 Å². The Morgan fingerprint density at radius 2 is 1.43 bits per heavy atom. The Bertz CT molecular complexity index is 621. The maximum Gasteiger partial charge on any atom is 0.122 e. The largest absolute Gasteiger partial charge is 0.490 e. The van der Waals surface area contributed by atoms with Crippen LogP contribution in [0.3, 0.4) is 0 Å². The summed E-state index contributed by atoms with van der Waals surface area (Å²) in [4.78, 5) is 0. The van der Waals surface area contributed by atoms with Crippen molar-refractivity contribution < 1.29 is 9.84 Å².